The van der Waals surface area contributed by atoms with Gasteiger partial charge in [-0.25, -0.2) is 0 Å². The third-order valence-corrected chi connectivity index (χ3v) is 2.19. The Hall–Kier alpha value is -1.26. The average molecular weight is 240 g/mol. The van der Waals surface area contributed by atoms with Gasteiger partial charge in [0.2, 0.25) is 0 Å². The van der Waals surface area contributed by atoms with Gasteiger partial charge in [-0.3, -0.25) is 0 Å². The van der Waals surface area contributed by atoms with E-state index >= 15 is 0 Å². The zero-order valence-electron chi connectivity index (χ0n) is 10.6. The molecule has 0 bridgehead atoms. The van der Waals surface area contributed by atoms with Gasteiger partial charge in [0.15, 0.2) is 6.29 Å². The highest BCUT2D eigenvalue weighted by atomic mass is 16.7. The van der Waals surface area contributed by atoms with Crippen LogP contribution in [0.25, 0.3) is 0 Å². The Kier molecular flexibility index (Phi) is 5.80. The molecule has 0 unspecified atom stereocenters. The minimum Gasteiger partial charge on any atom is -0.508 e. The summed E-state index contributed by atoms with van der Waals surface area (Å²) in [5, 5.41) is 9.44. The molecule has 0 spiro atoms. The van der Waals surface area contributed by atoms with E-state index in [0.29, 0.717) is 25.6 Å². The van der Waals surface area contributed by atoms with Crippen LogP contribution in [0.4, 0.5) is 0 Å². The lowest BCUT2D eigenvalue weighted by atomic mass is 10.2. The quantitative estimate of drug-likeness (QED) is 0.744. The van der Waals surface area contributed by atoms with Gasteiger partial charge in [0, 0.05) is 24.8 Å². The Morgan fingerprint density at radius 3 is 2.24 bits per heavy atom. The molecule has 0 saturated carbocycles. The molecule has 1 rings (SSSR count). The van der Waals surface area contributed by atoms with E-state index in [4.69, 9.17) is 14.2 Å². The molecule has 1 N–H and O–H groups in total. The first-order chi connectivity index (χ1) is 8.22. The first-order valence-electron chi connectivity index (χ1n) is 5.91. The van der Waals surface area contributed by atoms with Crippen molar-refractivity contribution in [1.29, 1.82) is 0 Å². The van der Waals surface area contributed by atoms with Crippen LogP contribution in [0.2, 0.25) is 0 Å². The van der Waals surface area contributed by atoms with Gasteiger partial charge in [0.1, 0.15) is 11.5 Å². The number of phenols is 1. The number of rotatable bonds is 7. The standard InChI is InChI=1S/C13H20O4/c1-4-15-12-9-10(14)7-8-11(12)13(16-5-2)17-6-3/h7-9,13-14H,4-6H2,1-3H3. The van der Waals surface area contributed by atoms with Crippen LogP contribution >= 0.6 is 0 Å². The minimum absolute atomic E-state index is 0.170. The topological polar surface area (TPSA) is 47.9 Å². The molecular weight excluding hydrogens is 220 g/mol. The van der Waals surface area contributed by atoms with Gasteiger partial charge < -0.3 is 19.3 Å². The first-order valence-corrected chi connectivity index (χ1v) is 5.91. The Bertz CT molecular complexity index is 332. The summed E-state index contributed by atoms with van der Waals surface area (Å²) >= 11 is 0. The van der Waals surface area contributed by atoms with E-state index in [9.17, 15) is 5.11 Å². The van der Waals surface area contributed by atoms with Crippen LogP contribution in [0.3, 0.4) is 0 Å². The van der Waals surface area contributed by atoms with Gasteiger partial charge in [0.25, 0.3) is 0 Å². The predicted octanol–water partition coefficient (Wildman–Crippen LogP) is 2.86. The molecule has 0 saturated heterocycles. The van der Waals surface area contributed by atoms with E-state index in [1.165, 1.54) is 0 Å². The highest BCUT2D eigenvalue weighted by Crippen LogP contribution is 2.31. The van der Waals surface area contributed by atoms with E-state index in [0.717, 1.165) is 5.56 Å². The lowest BCUT2D eigenvalue weighted by Crippen LogP contribution is -2.10. The number of phenolic OH excluding ortho intramolecular Hbond substituents is 1. The molecule has 0 atom stereocenters. The van der Waals surface area contributed by atoms with E-state index in [1.807, 2.05) is 20.8 Å². The number of aromatic hydroxyl groups is 1. The summed E-state index contributed by atoms with van der Waals surface area (Å²) in [4.78, 5) is 0. The lowest BCUT2D eigenvalue weighted by Gasteiger charge is -2.20. The minimum atomic E-state index is -0.452. The maximum Gasteiger partial charge on any atom is 0.187 e. The zero-order valence-corrected chi connectivity index (χ0v) is 10.6. The van der Waals surface area contributed by atoms with Gasteiger partial charge in [-0.1, -0.05) is 0 Å². The second kappa shape index (κ2) is 7.14. The molecule has 0 aliphatic rings. The zero-order chi connectivity index (χ0) is 12.7. The molecule has 0 fully saturated rings. The molecular formula is C13H20O4. The van der Waals surface area contributed by atoms with Crippen molar-refractivity contribution in [2.45, 2.75) is 27.1 Å². The fourth-order valence-electron chi connectivity index (χ4n) is 1.53. The Morgan fingerprint density at radius 2 is 1.71 bits per heavy atom. The van der Waals surface area contributed by atoms with Crippen LogP contribution in [0.1, 0.15) is 32.6 Å². The van der Waals surface area contributed by atoms with Crippen molar-refractivity contribution in [3.8, 4) is 11.5 Å². The maximum atomic E-state index is 9.44. The average Bonchev–Trinajstić information content (AvgIpc) is 2.30. The van der Waals surface area contributed by atoms with E-state index < -0.39 is 6.29 Å². The summed E-state index contributed by atoms with van der Waals surface area (Å²) in [5.74, 6) is 0.767. The summed E-state index contributed by atoms with van der Waals surface area (Å²) in [7, 11) is 0. The highest BCUT2D eigenvalue weighted by molar-refractivity contribution is 5.40. The largest absolute Gasteiger partial charge is 0.508 e. The van der Waals surface area contributed by atoms with Crippen molar-refractivity contribution in [3.63, 3.8) is 0 Å². The summed E-state index contributed by atoms with van der Waals surface area (Å²) < 4.78 is 16.5. The predicted molar refractivity (Wildman–Crippen MR) is 65.3 cm³/mol. The van der Waals surface area contributed by atoms with Crippen molar-refractivity contribution in [1.82, 2.24) is 0 Å². The maximum absolute atomic E-state index is 9.44. The first kappa shape index (κ1) is 13.8. The van der Waals surface area contributed by atoms with Crippen LogP contribution in [0.5, 0.6) is 11.5 Å². The second-order valence-electron chi connectivity index (χ2n) is 3.40. The van der Waals surface area contributed by atoms with Crippen LogP contribution in [-0.2, 0) is 9.47 Å². The second-order valence-corrected chi connectivity index (χ2v) is 3.40. The van der Waals surface area contributed by atoms with Crippen molar-refractivity contribution >= 4 is 0 Å². The highest BCUT2D eigenvalue weighted by Gasteiger charge is 2.17. The van der Waals surface area contributed by atoms with Crippen LogP contribution in [0, 0.1) is 0 Å². The van der Waals surface area contributed by atoms with Crippen LogP contribution in [-0.4, -0.2) is 24.9 Å². The molecule has 96 valence electrons. The van der Waals surface area contributed by atoms with Crippen molar-refractivity contribution < 1.29 is 19.3 Å². The molecule has 1 aromatic rings. The number of benzene rings is 1. The normalized spacial score (nSPS) is 10.8. The third-order valence-electron chi connectivity index (χ3n) is 2.19. The molecule has 0 aliphatic carbocycles. The number of hydrogen-bond donors (Lipinski definition) is 1. The smallest absolute Gasteiger partial charge is 0.187 e. The molecule has 0 aromatic heterocycles. The van der Waals surface area contributed by atoms with E-state index in [1.54, 1.807) is 18.2 Å². The monoisotopic (exact) mass is 240 g/mol. The Labute approximate surface area is 102 Å². The van der Waals surface area contributed by atoms with Gasteiger partial charge >= 0.3 is 0 Å². The van der Waals surface area contributed by atoms with Crippen molar-refractivity contribution in [3.05, 3.63) is 23.8 Å². The number of ether oxygens (including phenoxy) is 3. The molecule has 1 aromatic carbocycles. The van der Waals surface area contributed by atoms with Crippen LogP contribution < -0.4 is 4.74 Å². The third kappa shape index (κ3) is 3.91. The van der Waals surface area contributed by atoms with Crippen LogP contribution in [0.15, 0.2) is 18.2 Å². The van der Waals surface area contributed by atoms with E-state index in [-0.39, 0.29) is 5.75 Å². The molecule has 17 heavy (non-hydrogen) atoms. The fraction of sp³-hybridized carbons (Fsp3) is 0.538. The summed E-state index contributed by atoms with van der Waals surface area (Å²) in [5.41, 5.74) is 0.799. The summed E-state index contributed by atoms with van der Waals surface area (Å²) in [6.07, 6.45) is -0.452. The SMILES string of the molecule is CCOc1cc(O)ccc1C(OCC)OCC. The van der Waals surface area contributed by atoms with Gasteiger partial charge in [-0.05, 0) is 32.9 Å². The Balaban J connectivity index is 2.98. The van der Waals surface area contributed by atoms with Gasteiger partial charge in [-0.2, -0.15) is 0 Å². The summed E-state index contributed by atoms with van der Waals surface area (Å²) in [6.45, 7) is 7.35. The molecule has 4 heteroatoms. The number of hydrogen-bond acceptors (Lipinski definition) is 4. The van der Waals surface area contributed by atoms with E-state index in [2.05, 4.69) is 0 Å². The summed E-state index contributed by atoms with van der Waals surface area (Å²) in [6, 6.07) is 4.93. The molecule has 0 radical (unpaired) electrons. The van der Waals surface area contributed by atoms with Crippen molar-refractivity contribution in [2.75, 3.05) is 19.8 Å². The fourth-order valence-corrected chi connectivity index (χ4v) is 1.53. The molecule has 0 amide bonds. The lowest BCUT2D eigenvalue weighted by molar-refractivity contribution is -0.141. The molecule has 4 nitrogen and oxygen atoms in total. The molecule has 0 heterocycles. The Morgan fingerprint density at radius 1 is 1.06 bits per heavy atom. The van der Waals surface area contributed by atoms with Crippen molar-refractivity contribution in [2.24, 2.45) is 0 Å². The van der Waals surface area contributed by atoms with Gasteiger partial charge in [0.05, 0.1) is 6.61 Å². The van der Waals surface area contributed by atoms with Gasteiger partial charge in [-0.15, -0.1) is 0 Å². The molecule has 0 aliphatic heterocycles.